The van der Waals surface area contributed by atoms with Gasteiger partial charge in [-0.2, -0.15) is 0 Å². The van der Waals surface area contributed by atoms with Gasteiger partial charge in [0, 0.05) is 30.0 Å². The van der Waals surface area contributed by atoms with Gasteiger partial charge in [0.1, 0.15) is 11.9 Å². The molecule has 2 unspecified atom stereocenters. The van der Waals surface area contributed by atoms with Crippen molar-refractivity contribution in [3.8, 4) is 5.82 Å². The fraction of sp³-hybridized carbons (Fsp3) is 0.160. The number of benzene rings is 1. The van der Waals surface area contributed by atoms with Crippen molar-refractivity contribution in [2.45, 2.75) is 25.9 Å². The Balaban J connectivity index is 1.67. The number of hydrogen-bond donors (Lipinski definition) is 1. The Morgan fingerprint density at radius 2 is 1.84 bits per heavy atom. The molecule has 0 saturated carbocycles. The number of thiocarbonyl (C=S) groups is 1. The monoisotopic (exact) mass is 459 g/mol. The second-order valence-corrected chi connectivity index (χ2v) is 8.73. The number of aryl methyl sites for hydroxylation is 2. The van der Waals surface area contributed by atoms with Crippen LogP contribution in [0.15, 0.2) is 79.3 Å². The summed E-state index contributed by atoms with van der Waals surface area (Å²) in [5.74, 6) is 0.798. The van der Waals surface area contributed by atoms with E-state index in [-0.39, 0.29) is 12.1 Å². The summed E-state index contributed by atoms with van der Waals surface area (Å²) in [7, 11) is 0. The first-order valence-corrected chi connectivity index (χ1v) is 11.2. The summed E-state index contributed by atoms with van der Waals surface area (Å²) in [6.45, 7) is 4.24. The molecule has 1 aliphatic heterocycles. The molecule has 0 radical (unpaired) electrons. The first-order valence-electron chi connectivity index (χ1n) is 10.4. The summed E-state index contributed by atoms with van der Waals surface area (Å²) >= 11 is 11.9. The second kappa shape index (κ2) is 8.37. The third-order valence-corrected chi connectivity index (χ3v) is 6.45. The van der Waals surface area contributed by atoms with Crippen LogP contribution in [0.2, 0.25) is 5.02 Å². The summed E-state index contributed by atoms with van der Waals surface area (Å²) in [5.41, 5.74) is 5.51. The molecule has 4 heterocycles. The molecule has 0 bridgehead atoms. The van der Waals surface area contributed by atoms with Crippen molar-refractivity contribution in [1.29, 1.82) is 0 Å². The SMILES string of the molecule is Cc1ccc(N2C(=S)NC(c3ccccn3)C2c2cccn2-c2ccc(Cl)cn2)cc1C. The van der Waals surface area contributed by atoms with Gasteiger partial charge in [-0.15, -0.1) is 0 Å². The maximum atomic E-state index is 6.08. The Kier molecular flexibility index (Phi) is 5.41. The average molecular weight is 460 g/mol. The maximum Gasteiger partial charge on any atom is 0.174 e. The topological polar surface area (TPSA) is 46.0 Å². The van der Waals surface area contributed by atoms with Gasteiger partial charge in [-0.1, -0.05) is 23.7 Å². The van der Waals surface area contributed by atoms with Gasteiger partial charge in [-0.05, 0) is 85.7 Å². The Hall–Kier alpha value is -3.22. The van der Waals surface area contributed by atoms with Crippen LogP contribution in [-0.2, 0) is 0 Å². The first kappa shape index (κ1) is 20.7. The third-order valence-electron chi connectivity index (χ3n) is 5.91. The normalized spacial score (nSPS) is 18.1. The van der Waals surface area contributed by atoms with Gasteiger partial charge in [0.2, 0.25) is 0 Å². The van der Waals surface area contributed by atoms with E-state index in [1.54, 1.807) is 6.20 Å². The van der Waals surface area contributed by atoms with Crippen molar-refractivity contribution in [2.24, 2.45) is 0 Å². The zero-order valence-corrected chi connectivity index (χ0v) is 19.3. The van der Waals surface area contributed by atoms with E-state index in [0.717, 1.165) is 22.9 Å². The summed E-state index contributed by atoms with van der Waals surface area (Å²) in [4.78, 5) is 11.4. The molecule has 0 spiro atoms. The van der Waals surface area contributed by atoms with Crippen LogP contribution in [0.3, 0.4) is 0 Å². The van der Waals surface area contributed by atoms with Crippen LogP contribution in [-0.4, -0.2) is 19.6 Å². The van der Waals surface area contributed by atoms with Crippen LogP contribution < -0.4 is 10.2 Å². The molecule has 7 heteroatoms. The molecule has 2 atom stereocenters. The minimum absolute atomic E-state index is 0.119. The van der Waals surface area contributed by atoms with Crippen molar-refractivity contribution < 1.29 is 0 Å². The van der Waals surface area contributed by atoms with Crippen LogP contribution in [0, 0.1) is 13.8 Å². The number of nitrogens with zero attached hydrogens (tertiary/aromatic N) is 4. The Morgan fingerprint density at radius 1 is 0.969 bits per heavy atom. The zero-order chi connectivity index (χ0) is 22.2. The number of pyridine rings is 2. The standard InChI is InChI=1S/C25H22ClN5S/c1-16-8-10-19(14-17(16)2)31-24(23(29-25(31)32)20-6-3-4-12-27-20)21-7-5-13-30(21)22-11-9-18(26)15-28-22/h3-15,23-24H,1-2H3,(H,29,32). The van der Waals surface area contributed by atoms with Gasteiger partial charge in [-0.3, -0.25) is 4.98 Å². The van der Waals surface area contributed by atoms with Gasteiger partial charge >= 0.3 is 0 Å². The van der Waals surface area contributed by atoms with Gasteiger partial charge in [0.15, 0.2) is 5.11 Å². The molecule has 5 rings (SSSR count). The van der Waals surface area contributed by atoms with Crippen LogP contribution in [0.1, 0.15) is 34.6 Å². The molecule has 1 N–H and O–H groups in total. The highest BCUT2D eigenvalue weighted by molar-refractivity contribution is 7.80. The summed E-state index contributed by atoms with van der Waals surface area (Å²) in [5, 5.41) is 4.80. The smallest absolute Gasteiger partial charge is 0.174 e. The quantitative estimate of drug-likeness (QED) is 0.396. The van der Waals surface area contributed by atoms with Crippen molar-refractivity contribution in [2.75, 3.05) is 4.90 Å². The van der Waals surface area contributed by atoms with E-state index in [2.05, 4.69) is 62.9 Å². The summed E-state index contributed by atoms with van der Waals surface area (Å²) in [6, 6.07) is 20.1. The first-order chi connectivity index (χ1) is 15.5. The lowest BCUT2D eigenvalue weighted by atomic mass is 10.00. The number of aromatic nitrogens is 3. The highest BCUT2D eigenvalue weighted by Gasteiger charge is 2.42. The molecule has 160 valence electrons. The largest absolute Gasteiger partial charge is 0.351 e. The van der Waals surface area contributed by atoms with E-state index < -0.39 is 0 Å². The van der Waals surface area contributed by atoms with E-state index in [4.69, 9.17) is 23.8 Å². The third kappa shape index (κ3) is 3.66. The number of anilines is 1. The predicted molar refractivity (Wildman–Crippen MR) is 132 cm³/mol. The molecule has 3 aromatic heterocycles. The van der Waals surface area contributed by atoms with Gasteiger partial charge < -0.3 is 14.8 Å². The fourth-order valence-electron chi connectivity index (χ4n) is 4.16. The molecule has 1 aromatic carbocycles. The lowest BCUT2D eigenvalue weighted by Crippen LogP contribution is -2.30. The van der Waals surface area contributed by atoms with Crippen LogP contribution in [0.5, 0.6) is 0 Å². The minimum atomic E-state index is -0.119. The highest BCUT2D eigenvalue weighted by Crippen LogP contribution is 2.42. The molecule has 1 aliphatic rings. The van der Waals surface area contributed by atoms with E-state index >= 15 is 0 Å². The maximum absolute atomic E-state index is 6.08. The number of nitrogens with one attached hydrogen (secondary N) is 1. The Morgan fingerprint density at radius 3 is 2.56 bits per heavy atom. The van der Waals surface area contributed by atoms with Crippen molar-refractivity contribution in [3.05, 3.63) is 107 Å². The molecule has 0 amide bonds. The van der Waals surface area contributed by atoms with Crippen molar-refractivity contribution >= 4 is 34.6 Å². The molecular formula is C25H22ClN5S. The molecule has 4 aromatic rings. The molecule has 1 saturated heterocycles. The lowest BCUT2D eigenvalue weighted by Gasteiger charge is -2.29. The summed E-state index contributed by atoms with van der Waals surface area (Å²) in [6.07, 6.45) is 5.49. The van der Waals surface area contributed by atoms with E-state index in [0.29, 0.717) is 10.1 Å². The zero-order valence-electron chi connectivity index (χ0n) is 17.7. The van der Waals surface area contributed by atoms with Crippen molar-refractivity contribution in [1.82, 2.24) is 19.9 Å². The molecule has 5 nitrogen and oxygen atoms in total. The Labute approximate surface area is 197 Å². The summed E-state index contributed by atoms with van der Waals surface area (Å²) < 4.78 is 2.08. The van der Waals surface area contributed by atoms with Gasteiger partial charge in [0.25, 0.3) is 0 Å². The van der Waals surface area contributed by atoms with E-state index in [1.165, 1.54) is 11.1 Å². The van der Waals surface area contributed by atoms with Crippen LogP contribution in [0.4, 0.5) is 5.69 Å². The average Bonchev–Trinajstić information content (AvgIpc) is 3.41. The van der Waals surface area contributed by atoms with Gasteiger partial charge in [-0.25, -0.2) is 4.98 Å². The lowest BCUT2D eigenvalue weighted by molar-refractivity contribution is 0.548. The molecule has 0 aliphatic carbocycles. The number of rotatable bonds is 4. The van der Waals surface area contributed by atoms with Crippen molar-refractivity contribution in [3.63, 3.8) is 0 Å². The predicted octanol–water partition coefficient (Wildman–Crippen LogP) is 5.71. The second-order valence-electron chi connectivity index (χ2n) is 7.90. The minimum Gasteiger partial charge on any atom is -0.351 e. The number of hydrogen-bond acceptors (Lipinski definition) is 3. The molecule has 1 fully saturated rings. The fourth-order valence-corrected chi connectivity index (χ4v) is 4.62. The number of halogens is 1. The van der Waals surface area contributed by atoms with E-state index in [9.17, 15) is 0 Å². The molecule has 32 heavy (non-hydrogen) atoms. The van der Waals surface area contributed by atoms with Crippen LogP contribution in [0.25, 0.3) is 5.82 Å². The van der Waals surface area contributed by atoms with E-state index in [1.807, 2.05) is 48.8 Å². The molecular weight excluding hydrogens is 438 g/mol. The Bertz CT molecular complexity index is 1270. The van der Waals surface area contributed by atoms with Crippen LogP contribution >= 0.6 is 23.8 Å². The van der Waals surface area contributed by atoms with Gasteiger partial charge in [0.05, 0.1) is 16.8 Å². The highest BCUT2D eigenvalue weighted by atomic mass is 35.5.